The number of hydrogen-bond donors (Lipinski definition) is 1. The van der Waals surface area contributed by atoms with Gasteiger partial charge in [0.05, 0.1) is 24.9 Å². The van der Waals surface area contributed by atoms with Crippen LogP contribution in [0.2, 0.25) is 0 Å². The highest BCUT2D eigenvalue weighted by atomic mass is 16.3. The lowest BCUT2D eigenvalue weighted by Gasteiger charge is -2.24. The predicted molar refractivity (Wildman–Crippen MR) is 95.5 cm³/mol. The fourth-order valence-corrected chi connectivity index (χ4v) is 3.10. The number of benzene rings is 1. The van der Waals surface area contributed by atoms with E-state index in [9.17, 15) is 9.59 Å². The Hall–Kier alpha value is -2.76. The number of carbonyl (C=O) groups is 2. The average Bonchev–Trinajstić information content (AvgIpc) is 3.17. The molecule has 0 saturated carbocycles. The number of amides is 2. The first-order chi connectivity index (χ1) is 12.0. The summed E-state index contributed by atoms with van der Waals surface area (Å²) < 4.78 is 5.57. The van der Waals surface area contributed by atoms with Crippen molar-refractivity contribution < 1.29 is 14.0 Å². The van der Waals surface area contributed by atoms with Crippen LogP contribution in [-0.4, -0.2) is 43.4 Å². The van der Waals surface area contributed by atoms with E-state index in [0.717, 1.165) is 6.42 Å². The van der Waals surface area contributed by atoms with Crippen LogP contribution in [0, 0.1) is 0 Å². The molecule has 1 N–H and O–H groups in total. The monoisotopic (exact) mass is 341 g/mol. The molecule has 2 amide bonds. The number of likely N-dealkylation sites (N-methyl/N-ethyl adjacent to an activating group) is 1. The van der Waals surface area contributed by atoms with E-state index in [1.165, 1.54) is 22.4 Å². The lowest BCUT2D eigenvalue weighted by Crippen LogP contribution is -2.36. The molecular weight excluding hydrogens is 318 g/mol. The highest BCUT2D eigenvalue weighted by Gasteiger charge is 2.28. The van der Waals surface area contributed by atoms with Crippen LogP contribution >= 0.6 is 0 Å². The number of rotatable bonds is 5. The van der Waals surface area contributed by atoms with Crippen LogP contribution in [0.3, 0.4) is 0 Å². The summed E-state index contributed by atoms with van der Waals surface area (Å²) in [5, 5.41) is 2.65. The molecule has 1 aromatic carbocycles. The van der Waals surface area contributed by atoms with E-state index in [2.05, 4.69) is 29.3 Å². The number of hydrogen-bond acceptors (Lipinski definition) is 4. The van der Waals surface area contributed by atoms with Gasteiger partial charge in [-0.05, 0) is 31.0 Å². The Morgan fingerprint density at radius 1 is 1.28 bits per heavy atom. The van der Waals surface area contributed by atoms with Crippen LogP contribution in [0.4, 0.5) is 5.69 Å². The van der Waals surface area contributed by atoms with Gasteiger partial charge in [0.2, 0.25) is 5.91 Å². The Morgan fingerprint density at radius 2 is 2.04 bits per heavy atom. The molecule has 0 spiro atoms. The van der Waals surface area contributed by atoms with Gasteiger partial charge >= 0.3 is 0 Å². The van der Waals surface area contributed by atoms with Gasteiger partial charge in [0.1, 0.15) is 5.76 Å². The number of fused-ring (bicyclic) bond motifs is 1. The van der Waals surface area contributed by atoms with Gasteiger partial charge in [0.25, 0.3) is 5.91 Å². The maximum atomic E-state index is 12.4. The standard InChI is InChI=1S/C19H23N3O3/c1-13-10-14-6-4-5-7-16(14)22(13)12-17-15(8-9-25-17)19(24)20-11-18(23)21(2)3/h4-9,13H,10-12H2,1-3H3,(H,20,24)/t13-/m0/s1. The fourth-order valence-electron chi connectivity index (χ4n) is 3.10. The van der Waals surface area contributed by atoms with Gasteiger partial charge in [-0.15, -0.1) is 0 Å². The number of carbonyl (C=O) groups excluding carboxylic acids is 2. The minimum Gasteiger partial charge on any atom is -0.467 e. The molecule has 3 rings (SSSR count). The average molecular weight is 341 g/mol. The van der Waals surface area contributed by atoms with Gasteiger partial charge in [-0.1, -0.05) is 18.2 Å². The van der Waals surface area contributed by atoms with Crippen molar-refractivity contribution in [3.63, 3.8) is 0 Å². The number of para-hydroxylation sites is 1. The summed E-state index contributed by atoms with van der Waals surface area (Å²) in [6.07, 6.45) is 2.50. The van der Waals surface area contributed by atoms with E-state index in [-0.39, 0.29) is 18.4 Å². The quantitative estimate of drug-likeness (QED) is 0.904. The Morgan fingerprint density at radius 3 is 2.80 bits per heavy atom. The molecule has 2 aromatic rings. The molecule has 0 bridgehead atoms. The van der Waals surface area contributed by atoms with E-state index < -0.39 is 0 Å². The van der Waals surface area contributed by atoms with E-state index in [1.807, 2.05) is 12.1 Å². The van der Waals surface area contributed by atoms with Gasteiger partial charge in [0.15, 0.2) is 0 Å². The summed E-state index contributed by atoms with van der Waals surface area (Å²) >= 11 is 0. The highest BCUT2D eigenvalue weighted by molar-refractivity contribution is 5.97. The third-order valence-electron chi connectivity index (χ3n) is 4.55. The fraction of sp³-hybridized carbons (Fsp3) is 0.368. The van der Waals surface area contributed by atoms with Crippen LogP contribution in [0.15, 0.2) is 41.0 Å². The van der Waals surface area contributed by atoms with E-state index >= 15 is 0 Å². The number of nitrogens with zero attached hydrogens (tertiary/aromatic N) is 2. The van der Waals surface area contributed by atoms with Crippen molar-refractivity contribution in [1.29, 1.82) is 0 Å². The van der Waals surface area contributed by atoms with Crippen molar-refractivity contribution in [2.24, 2.45) is 0 Å². The van der Waals surface area contributed by atoms with Crippen molar-refractivity contribution in [3.8, 4) is 0 Å². The normalized spacial score (nSPS) is 15.8. The van der Waals surface area contributed by atoms with Crippen LogP contribution in [0.1, 0.15) is 28.6 Å². The summed E-state index contributed by atoms with van der Waals surface area (Å²) in [6.45, 7) is 2.66. The largest absolute Gasteiger partial charge is 0.467 e. The minimum absolute atomic E-state index is 0.0284. The topological polar surface area (TPSA) is 65.8 Å². The molecule has 25 heavy (non-hydrogen) atoms. The number of anilines is 1. The molecule has 0 radical (unpaired) electrons. The lowest BCUT2D eigenvalue weighted by molar-refractivity contribution is -0.127. The molecule has 1 atom stereocenters. The van der Waals surface area contributed by atoms with Crippen LogP contribution in [-0.2, 0) is 17.8 Å². The van der Waals surface area contributed by atoms with Gasteiger partial charge in [-0.25, -0.2) is 0 Å². The van der Waals surface area contributed by atoms with Gasteiger partial charge in [-0.3, -0.25) is 9.59 Å². The molecule has 0 fully saturated rings. The summed E-state index contributed by atoms with van der Waals surface area (Å²) in [5.41, 5.74) is 2.97. The molecule has 132 valence electrons. The third-order valence-corrected chi connectivity index (χ3v) is 4.55. The van der Waals surface area contributed by atoms with Crippen molar-refractivity contribution in [2.75, 3.05) is 25.5 Å². The molecule has 0 aliphatic carbocycles. The second-order valence-electron chi connectivity index (χ2n) is 6.54. The predicted octanol–water partition coefficient (Wildman–Crippen LogP) is 2.05. The molecule has 0 unspecified atom stereocenters. The highest BCUT2D eigenvalue weighted by Crippen LogP contribution is 2.33. The van der Waals surface area contributed by atoms with Crippen molar-refractivity contribution >= 4 is 17.5 Å². The molecule has 6 heteroatoms. The Labute approximate surface area is 147 Å². The molecule has 6 nitrogen and oxygen atoms in total. The summed E-state index contributed by atoms with van der Waals surface area (Å²) in [6, 6.07) is 10.3. The smallest absolute Gasteiger partial charge is 0.255 e. The molecule has 1 aliphatic rings. The van der Waals surface area contributed by atoms with Crippen molar-refractivity contribution in [3.05, 3.63) is 53.5 Å². The van der Waals surface area contributed by atoms with Gasteiger partial charge in [-0.2, -0.15) is 0 Å². The maximum absolute atomic E-state index is 12.4. The van der Waals surface area contributed by atoms with E-state index in [0.29, 0.717) is 23.9 Å². The molecule has 1 aliphatic heterocycles. The zero-order chi connectivity index (χ0) is 18.0. The molecule has 2 heterocycles. The second-order valence-corrected chi connectivity index (χ2v) is 6.54. The van der Waals surface area contributed by atoms with Crippen LogP contribution < -0.4 is 10.2 Å². The first kappa shape index (κ1) is 17.1. The second kappa shape index (κ2) is 7.01. The van der Waals surface area contributed by atoms with Crippen molar-refractivity contribution in [2.45, 2.75) is 25.9 Å². The molecular formula is C19H23N3O3. The third kappa shape index (κ3) is 3.52. The van der Waals surface area contributed by atoms with Gasteiger partial charge in [0, 0.05) is 25.8 Å². The number of furan rings is 1. The lowest BCUT2D eigenvalue weighted by atomic mass is 10.1. The van der Waals surface area contributed by atoms with Crippen molar-refractivity contribution in [1.82, 2.24) is 10.2 Å². The first-order valence-corrected chi connectivity index (χ1v) is 8.36. The Balaban J connectivity index is 1.72. The van der Waals surface area contributed by atoms with E-state index in [1.54, 1.807) is 20.2 Å². The summed E-state index contributed by atoms with van der Waals surface area (Å²) in [7, 11) is 3.31. The zero-order valence-corrected chi connectivity index (χ0v) is 14.8. The zero-order valence-electron chi connectivity index (χ0n) is 14.8. The minimum atomic E-state index is -0.293. The summed E-state index contributed by atoms with van der Waals surface area (Å²) in [5.74, 6) is 0.165. The SMILES string of the molecule is C[C@H]1Cc2ccccc2N1Cc1occc1C(=O)NCC(=O)N(C)C. The summed E-state index contributed by atoms with van der Waals surface area (Å²) in [4.78, 5) is 27.7. The molecule has 0 saturated heterocycles. The first-order valence-electron chi connectivity index (χ1n) is 8.36. The molecule has 1 aromatic heterocycles. The Kier molecular flexibility index (Phi) is 4.79. The maximum Gasteiger partial charge on any atom is 0.255 e. The van der Waals surface area contributed by atoms with E-state index in [4.69, 9.17) is 4.42 Å². The van der Waals surface area contributed by atoms with Crippen LogP contribution in [0.25, 0.3) is 0 Å². The van der Waals surface area contributed by atoms with Crippen LogP contribution in [0.5, 0.6) is 0 Å². The Bertz CT molecular complexity index is 782. The number of nitrogens with one attached hydrogen (secondary N) is 1. The van der Waals surface area contributed by atoms with Gasteiger partial charge < -0.3 is 19.5 Å².